The van der Waals surface area contributed by atoms with Crippen LogP contribution in [0.1, 0.15) is 31.2 Å². The van der Waals surface area contributed by atoms with Crippen LogP contribution in [0.3, 0.4) is 0 Å². The van der Waals surface area contributed by atoms with Gasteiger partial charge >= 0.3 is 29.6 Å². The summed E-state index contributed by atoms with van der Waals surface area (Å²) in [5, 5.41) is 11.4. The zero-order chi connectivity index (χ0) is 25.3. The molecule has 7 nitrogen and oxygen atoms in total. The second-order valence-electron chi connectivity index (χ2n) is 7.88. The fourth-order valence-electron chi connectivity index (χ4n) is 3.41. The summed E-state index contributed by atoms with van der Waals surface area (Å²) in [6.45, 7) is 2.85. The standard InChI is InChI=1S/C25H28Br2N2O5S.Na/c1-18-10-11-22(33-14-6-4-12-26)21(16-18)28-29-25-20-9-3-2-8-19(20)24(35(30,31)32)17-23(25)34-15-7-5-13-27;/h2-3,8-11,16-17H,4-7,12-15H2,1H3,(H,30,31,32);/q;+1/p-1. The Kier molecular flexibility index (Phi) is 13.4. The van der Waals surface area contributed by atoms with Crippen molar-refractivity contribution >= 4 is 64.1 Å². The number of hydrogen-bond donors (Lipinski definition) is 0. The number of nitrogens with zero attached hydrogens (tertiary/aromatic N) is 2. The molecule has 0 heterocycles. The number of aryl methyl sites for hydroxylation is 1. The molecule has 0 amide bonds. The number of azo groups is 1. The number of hydrogen-bond acceptors (Lipinski definition) is 7. The van der Waals surface area contributed by atoms with Gasteiger partial charge in [0.05, 0.1) is 18.1 Å². The Morgan fingerprint density at radius 3 is 2.06 bits per heavy atom. The fourth-order valence-corrected chi connectivity index (χ4v) is 4.90. The van der Waals surface area contributed by atoms with Gasteiger partial charge in [-0.2, -0.15) is 0 Å². The summed E-state index contributed by atoms with van der Waals surface area (Å²) in [4.78, 5) is -0.339. The number of ether oxygens (including phenoxy) is 2. The zero-order valence-corrected chi connectivity index (χ0v) is 26.4. The first kappa shape index (κ1) is 31.2. The topological polar surface area (TPSA) is 100 Å². The molecular formula is C25H27Br2N2NaO5S. The third-order valence-corrected chi connectivity index (χ3v) is 7.15. The van der Waals surface area contributed by atoms with E-state index in [0.29, 0.717) is 35.7 Å². The summed E-state index contributed by atoms with van der Waals surface area (Å²) < 4.78 is 47.8. The molecule has 0 spiro atoms. The fraction of sp³-hybridized carbons (Fsp3) is 0.360. The van der Waals surface area contributed by atoms with E-state index in [1.165, 1.54) is 6.07 Å². The van der Waals surface area contributed by atoms with Crippen molar-refractivity contribution in [2.24, 2.45) is 10.2 Å². The average molecular weight is 650 g/mol. The van der Waals surface area contributed by atoms with Crippen molar-refractivity contribution in [1.82, 2.24) is 0 Å². The molecular weight excluding hydrogens is 623 g/mol. The van der Waals surface area contributed by atoms with Crippen molar-refractivity contribution in [1.29, 1.82) is 0 Å². The number of unbranched alkanes of at least 4 members (excludes halogenated alkanes) is 2. The van der Waals surface area contributed by atoms with E-state index < -0.39 is 10.1 Å². The van der Waals surface area contributed by atoms with Crippen LogP contribution in [0.25, 0.3) is 10.8 Å². The third-order valence-electron chi connectivity index (χ3n) is 5.16. The Bertz CT molecular complexity index is 1290. The van der Waals surface area contributed by atoms with Gasteiger partial charge in [-0.15, -0.1) is 10.2 Å². The van der Waals surface area contributed by atoms with Crippen molar-refractivity contribution in [3.05, 3.63) is 54.1 Å². The van der Waals surface area contributed by atoms with Gasteiger partial charge in [0.15, 0.2) is 0 Å². The van der Waals surface area contributed by atoms with E-state index in [2.05, 4.69) is 42.1 Å². The molecule has 0 saturated carbocycles. The Labute approximate surface area is 251 Å². The third kappa shape index (κ3) is 8.79. The maximum atomic E-state index is 12.0. The second-order valence-corrected chi connectivity index (χ2v) is 10.8. The smallest absolute Gasteiger partial charge is 0.744 e. The first-order valence-electron chi connectivity index (χ1n) is 11.3. The molecule has 0 atom stereocenters. The van der Waals surface area contributed by atoms with Gasteiger partial charge < -0.3 is 14.0 Å². The molecule has 11 heteroatoms. The summed E-state index contributed by atoms with van der Waals surface area (Å²) in [5.41, 5.74) is 1.91. The normalized spacial score (nSPS) is 11.6. The van der Waals surface area contributed by atoms with Crippen LogP contribution in [0, 0.1) is 6.92 Å². The van der Waals surface area contributed by atoms with Gasteiger partial charge in [-0.3, -0.25) is 0 Å². The van der Waals surface area contributed by atoms with Gasteiger partial charge in [0, 0.05) is 27.5 Å². The molecule has 0 unspecified atom stereocenters. The minimum Gasteiger partial charge on any atom is -0.744 e. The van der Waals surface area contributed by atoms with Crippen LogP contribution in [0.15, 0.2) is 63.7 Å². The van der Waals surface area contributed by atoms with Crippen molar-refractivity contribution in [3.8, 4) is 11.5 Å². The minimum absolute atomic E-state index is 0. The van der Waals surface area contributed by atoms with Crippen LogP contribution >= 0.6 is 31.9 Å². The van der Waals surface area contributed by atoms with Crippen molar-refractivity contribution < 1.29 is 52.0 Å². The molecule has 0 aliphatic rings. The molecule has 0 aliphatic carbocycles. The van der Waals surface area contributed by atoms with Crippen molar-refractivity contribution in [2.75, 3.05) is 23.9 Å². The van der Waals surface area contributed by atoms with Crippen LogP contribution in [-0.2, 0) is 10.1 Å². The van der Waals surface area contributed by atoms with E-state index in [4.69, 9.17) is 9.47 Å². The molecule has 0 fully saturated rings. The SMILES string of the molecule is Cc1ccc(OCCCCBr)c(N=Nc2c(OCCCCBr)cc(S(=O)(=O)[O-])c3ccccc23)c1.[Na+]. The van der Waals surface area contributed by atoms with Crippen molar-refractivity contribution in [3.63, 3.8) is 0 Å². The van der Waals surface area contributed by atoms with Gasteiger partial charge in [0.25, 0.3) is 0 Å². The number of alkyl halides is 2. The summed E-state index contributed by atoms with van der Waals surface area (Å²) in [5.74, 6) is 0.806. The van der Waals surface area contributed by atoms with E-state index in [1.54, 1.807) is 24.3 Å². The Balaban J connectivity index is 0.00000456. The number of halogens is 2. The molecule has 188 valence electrons. The van der Waals surface area contributed by atoms with Crippen LogP contribution in [-0.4, -0.2) is 36.8 Å². The zero-order valence-electron chi connectivity index (χ0n) is 20.4. The van der Waals surface area contributed by atoms with Crippen LogP contribution in [0.4, 0.5) is 11.4 Å². The molecule has 3 rings (SSSR count). The Morgan fingerprint density at radius 1 is 0.833 bits per heavy atom. The van der Waals surface area contributed by atoms with Gasteiger partial charge in [-0.1, -0.05) is 62.2 Å². The summed E-state index contributed by atoms with van der Waals surface area (Å²) in [6.07, 6.45) is 3.53. The minimum atomic E-state index is -4.73. The maximum absolute atomic E-state index is 12.0. The molecule has 3 aromatic carbocycles. The molecule has 0 saturated heterocycles. The van der Waals surface area contributed by atoms with Crippen LogP contribution in [0.2, 0.25) is 0 Å². The van der Waals surface area contributed by atoms with Gasteiger partial charge in [-0.25, -0.2) is 8.42 Å². The molecule has 0 aliphatic heterocycles. The van der Waals surface area contributed by atoms with Crippen LogP contribution in [0.5, 0.6) is 11.5 Å². The predicted octanol–water partition coefficient (Wildman–Crippen LogP) is 4.58. The van der Waals surface area contributed by atoms with Crippen molar-refractivity contribution in [2.45, 2.75) is 37.5 Å². The quantitative estimate of drug-likeness (QED) is 0.0887. The molecule has 0 bridgehead atoms. The maximum Gasteiger partial charge on any atom is 1.00 e. The predicted molar refractivity (Wildman–Crippen MR) is 144 cm³/mol. The monoisotopic (exact) mass is 648 g/mol. The number of rotatable bonds is 13. The summed E-state index contributed by atoms with van der Waals surface area (Å²) in [7, 11) is -4.73. The Hall–Kier alpha value is -1.01. The second kappa shape index (κ2) is 15.4. The largest absolute Gasteiger partial charge is 1.00 e. The summed E-state index contributed by atoms with van der Waals surface area (Å²) >= 11 is 6.81. The molecule has 0 aromatic heterocycles. The van der Waals surface area contributed by atoms with E-state index in [0.717, 1.165) is 41.9 Å². The van der Waals surface area contributed by atoms with Gasteiger partial charge in [0.2, 0.25) is 0 Å². The number of fused-ring (bicyclic) bond motifs is 1. The van der Waals surface area contributed by atoms with Crippen LogP contribution < -0.4 is 39.0 Å². The molecule has 0 radical (unpaired) electrons. The van der Waals surface area contributed by atoms with Gasteiger partial charge in [0.1, 0.15) is 33.0 Å². The van der Waals surface area contributed by atoms with E-state index >= 15 is 0 Å². The van der Waals surface area contributed by atoms with Gasteiger partial charge in [-0.05, 0) is 50.3 Å². The average Bonchev–Trinajstić information content (AvgIpc) is 2.83. The number of benzene rings is 3. The molecule has 36 heavy (non-hydrogen) atoms. The van der Waals surface area contributed by atoms with E-state index in [9.17, 15) is 13.0 Å². The summed E-state index contributed by atoms with van der Waals surface area (Å²) in [6, 6.07) is 13.6. The first-order valence-corrected chi connectivity index (χ1v) is 14.9. The first-order chi connectivity index (χ1) is 16.8. The van der Waals surface area contributed by atoms with E-state index in [-0.39, 0.29) is 45.6 Å². The molecule has 3 aromatic rings. The molecule has 0 N–H and O–H groups in total. The Morgan fingerprint density at radius 2 is 1.44 bits per heavy atom. The van der Waals surface area contributed by atoms with E-state index in [1.807, 2.05) is 25.1 Å².